The van der Waals surface area contributed by atoms with Crippen molar-refractivity contribution in [2.75, 3.05) is 0 Å². The number of carbonyl (C=O) groups excluding carboxylic acids is 1. The summed E-state index contributed by atoms with van der Waals surface area (Å²) in [6.45, 7) is 0.363. The van der Waals surface area contributed by atoms with Gasteiger partial charge in [-0.25, -0.2) is 4.39 Å². The molecule has 24 heavy (non-hydrogen) atoms. The molecule has 0 aliphatic heterocycles. The van der Waals surface area contributed by atoms with E-state index >= 15 is 0 Å². The van der Waals surface area contributed by atoms with Crippen LogP contribution in [0.5, 0.6) is 0 Å². The molecule has 2 aromatic rings. The van der Waals surface area contributed by atoms with E-state index < -0.39 is 0 Å². The van der Waals surface area contributed by atoms with Gasteiger partial charge in [0.05, 0.1) is 0 Å². The number of benzene rings is 2. The highest BCUT2D eigenvalue weighted by Gasteiger charge is 2.48. The lowest BCUT2D eigenvalue weighted by Gasteiger charge is -2.23. The van der Waals surface area contributed by atoms with Gasteiger partial charge in [0.2, 0.25) is 5.91 Å². The summed E-state index contributed by atoms with van der Waals surface area (Å²) in [7, 11) is 0. The molecule has 2 unspecified atom stereocenters. The first-order valence-electron chi connectivity index (χ1n) is 8.43. The minimum Gasteiger partial charge on any atom is -0.335 e. The second-order valence-electron chi connectivity index (χ2n) is 6.76. The summed E-state index contributed by atoms with van der Waals surface area (Å²) in [4.78, 5) is 14.8. The minimum absolute atomic E-state index is 0.0164. The minimum atomic E-state index is -0.241. The standard InChI is InChI=1S/C20H19ClFNO/c21-18-7-3-2-6-15(18)16-11-17(16)20(24)23(14-9-10-14)12-13-5-1-4-8-19(13)22/h1-8,14,16-17H,9-12H2. The average Bonchev–Trinajstić information content (AvgIpc) is 3.46. The van der Waals surface area contributed by atoms with Crippen LogP contribution in [0.3, 0.4) is 0 Å². The van der Waals surface area contributed by atoms with Gasteiger partial charge in [-0.05, 0) is 42.9 Å². The zero-order chi connectivity index (χ0) is 16.7. The zero-order valence-corrected chi connectivity index (χ0v) is 14.0. The Morgan fingerprint density at radius 2 is 1.83 bits per heavy atom. The van der Waals surface area contributed by atoms with Gasteiger partial charge < -0.3 is 4.90 Å². The van der Waals surface area contributed by atoms with E-state index in [9.17, 15) is 9.18 Å². The average molecular weight is 344 g/mol. The Bertz CT molecular complexity index is 774. The van der Waals surface area contributed by atoms with Gasteiger partial charge in [-0.3, -0.25) is 4.79 Å². The van der Waals surface area contributed by atoms with E-state index in [1.807, 2.05) is 35.2 Å². The Labute approximate surface area is 146 Å². The summed E-state index contributed by atoms with van der Waals surface area (Å²) < 4.78 is 14.0. The summed E-state index contributed by atoms with van der Waals surface area (Å²) >= 11 is 6.26. The number of nitrogens with zero attached hydrogens (tertiary/aromatic N) is 1. The summed E-state index contributed by atoms with van der Waals surface area (Å²) in [6.07, 6.45) is 2.87. The molecule has 0 aromatic heterocycles. The van der Waals surface area contributed by atoms with Crippen LogP contribution in [0.4, 0.5) is 4.39 Å². The molecule has 2 aliphatic carbocycles. The first-order valence-corrected chi connectivity index (χ1v) is 8.81. The smallest absolute Gasteiger partial charge is 0.226 e. The van der Waals surface area contributed by atoms with Crippen LogP contribution in [0.25, 0.3) is 0 Å². The van der Waals surface area contributed by atoms with Crippen molar-refractivity contribution in [3.8, 4) is 0 Å². The number of rotatable bonds is 5. The molecule has 2 saturated carbocycles. The van der Waals surface area contributed by atoms with Crippen LogP contribution < -0.4 is 0 Å². The Morgan fingerprint density at radius 1 is 1.12 bits per heavy atom. The van der Waals surface area contributed by atoms with Crippen LogP contribution in [0.15, 0.2) is 48.5 Å². The van der Waals surface area contributed by atoms with Crippen LogP contribution in [-0.4, -0.2) is 16.8 Å². The van der Waals surface area contributed by atoms with Crippen LogP contribution in [0.2, 0.25) is 5.02 Å². The number of halogens is 2. The molecule has 2 fully saturated rings. The van der Waals surface area contributed by atoms with Gasteiger partial charge in [0.1, 0.15) is 5.82 Å². The number of hydrogen-bond donors (Lipinski definition) is 0. The lowest BCUT2D eigenvalue weighted by molar-refractivity contribution is -0.133. The van der Waals surface area contributed by atoms with Crippen LogP contribution in [0.1, 0.15) is 36.3 Å². The van der Waals surface area contributed by atoms with Gasteiger partial charge in [-0.2, -0.15) is 0 Å². The SMILES string of the molecule is O=C(C1CC1c1ccccc1Cl)N(Cc1ccccc1F)C1CC1. The van der Waals surface area contributed by atoms with Crippen molar-refractivity contribution in [3.63, 3.8) is 0 Å². The second kappa shape index (κ2) is 6.21. The quantitative estimate of drug-likeness (QED) is 0.765. The van der Waals surface area contributed by atoms with Crippen molar-refractivity contribution >= 4 is 17.5 Å². The molecule has 1 amide bonds. The maximum atomic E-state index is 14.0. The van der Waals surface area contributed by atoms with Crippen molar-refractivity contribution in [1.82, 2.24) is 4.90 Å². The lowest BCUT2D eigenvalue weighted by atomic mass is 10.1. The Morgan fingerprint density at radius 3 is 2.54 bits per heavy atom. The van der Waals surface area contributed by atoms with E-state index in [0.717, 1.165) is 29.8 Å². The van der Waals surface area contributed by atoms with Crippen LogP contribution in [0, 0.1) is 11.7 Å². The molecular weight excluding hydrogens is 325 g/mol. The van der Waals surface area contributed by atoms with E-state index in [1.54, 1.807) is 12.1 Å². The fraction of sp³-hybridized carbons (Fsp3) is 0.350. The van der Waals surface area contributed by atoms with Crippen molar-refractivity contribution in [2.24, 2.45) is 5.92 Å². The largest absolute Gasteiger partial charge is 0.335 e. The van der Waals surface area contributed by atoms with Gasteiger partial charge in [0, 0.05) is 29.1 Å². The van der Waals surface area contributed by atoms with Crippen LogP contribution in [-0.2, 0) is 11.3 Å². The van der Waals surface area contributed by atoms with Crippen molar-refractivity contribution in [2.45, 2.75) is 37.8 Å². The van der Waals surface area contributed by atoms with E-state index in [0.29, 0.717) is 12.1 Å². The van der Waals surface area contributed by atoms with Crippen molar-refractivity contribution in [1.29, 1.82) is 0 Å². The maximum absolute atomic E-state index is 14.0. The van der Waals surface area contributed by atoms with Gasteiger partial charge >= 0.3 is 0 Å². The first-order chi connectivity index (χ1) is 11.6. The summed E-state index contributed by atoms with van der Waals surface area (Å²) in [5, 5.41) is 0.727. The highest BCUT2D eigenvalue weighted by Crippen LogP contribution is 2.51. The number of hydrogen-bond acceptors (Lipinski definition) is 1. The number of carbonyl (C=O) groups is 1. The van der Waals surface area contributed by atoms with Gasteiger partial charge in [0.15, 0.2) is 0 Å². The predicted molar refractivity (Wildman–Crippen MR) is 92.3 cm³/mol. The van der Waals surface area contributed by atoms with Gasteiger partial charge in [-0.1, -0.05) is 48.0 Å². The molecule has 4 heteroatoms. The molecular formula is C20H19ClFNO. The topological polar surface area (TPSA) is 20.3 Å². The molecule has 0 spiro atoms. The van der Waals surface area contributed by atoms with Crippen molar-refractivity contribution < 1.29 is 9.18 Å². The highest BCUT2D eigenvalue weighted by molar-refractivity contribution is 6.31. The van der Waals surface area contributed by atoms with Gasteiger partial charge in [0.25, 0.3) is 0 Å². The molecule has 0 heterocycles. The molecule has 2 aliphatic rings. The van der Waals surface area contributed by atoms with E-state index in [4.69, 9.17) is 11.6 Å². The second-order valence-corrected chi connectivity index (χ2v) is 7.17. The Hall–Kier alpha value is -1.87. The third kappa shape index (κ3) is 3.05. The maximum Gasteiger partial charge on any atom is 0.226 e. The summed E-state index contributed by atoms with van der Waals surface area (Å²) in [6, 6.07) is 14.7. The fourth-order valence-electron chi connectivity index (χ4n) is 3.38. The molecule has 4 rings (SSSR count). The molecule has 0 bridgehead atoms. The highest BCUT2D eigenvalue weighted by atomic mass is 35.5. The molecule has 2 atom stereocenters. The first kappa shape index (κ1) is 15.6. The normalized spacial score (nSPS) is 22.2. The van der Waals surface area contributed by atoms with Crippen LogP contribution >= 0.6 is 11.6 Å². The monoisotopic (exact) mass is 343 g/mol. The third-order valence-electron chi connectivity index (χ3n) is 4.98. The summed E-state index contributed by atoms with van der Waals surface area (Å²) in [5.74, 6) is 0.0883. The Kier molecular flexibility index (Phi) is 4.05. The molecule has 0 N–H and O–H groups in total. The third-order valence-corrected chi connectivity index (χ3v) is 5.33. The lowest BCUT2D eigenvalue weighted by Crippen LogP contribution is -2.34. The predicted octanol–water partition coefficient (Wildman–Crippen LogP) is 4.77. The summed E-state index contributed by atoms with van der Waals surface area (Å²) in [5.41, 5.74) is 1.65. The molecule has 124 valence electrons. The molecule has 0 saturated heterocycles. The number of amides is 1. The van der Waals surface area contributed by atoms with Crippen molar-refractivity contribution in [3.05, 3.63) is 70.5 Å². The zero-order valence-electron chi connectivity index (χ0n) is 13.3. The Balaban J connectivity index is 1.50. The van der Waals surface area contributed by atoms with E-state index in [-0.39, 0.29) is 29.6 Å². The van der Waals surface area contributed by atoms with E-state index in [2.05, 4.69) is 0 Å². The fourth-order valence-corrected chi connectivity index (χ4v) is 3.66. The molecule has 2 nitrogen and oxygen atoms in total. The van der Waals surface area contributed by atoms with E-state index in [1.165, 1.54) is 6.07 Å². The van der Waals surface area contributed by atoms with Gasteiger partial charge in [-0.15, -0.1) is 0 Å². The molecule has 2 aromatic carbocycles. The molecule has 0 radical (unpaired) electrons.